The Morgan fingerprint density at radius 2 is 1.88 bits per heavy atom. The van der Waals surface area contributed by atoms with Gasteiger partial charge in [0.2, 0.25) is 0 Å². The van der Waals surface area contributed by atoms with Crippen LogP contribution in [0.5, 0.6) is 5.75 Å². The van der Waals surface area contributed by atoms with Crippen molar-refractivity contribution in [2.45, 2.75) is 20.4 Å². The molecule has 2 aromatic carbocycles. The van der Waals surface area contributed by atoms with E-state index in [0.29, 0.717) is 10.7 Å². The Morgan fingerprint density at radius 1 is 1.15 bits per heavy atom. The van der Waals surface area contributed by atoms with E-state index in [4.69, 9.17) is 4.74 Å². The zero-order chi connectivity index (χ0) is 18.7. The number of thioether (sulfide) groups is 1. The molecule has 1 heterocycles. The number of amides is 2. The topological polar surface area (TPSA) is 63.7 Å². The van der Waals surface area contributed by atoms with Gasteiger partial charge in [-0.15, -0.1) is 0 Å². The molecule has 2 aromatic rings. The van der Waals surface area contributed by atoms with Crippen molar-refractivity contribution in [1.29, 1.82) is 0 Å². The number of hydrogen-bond acceptors (Lipinski definition) is 5. The van der Waals surface area contributed by atoms with Crippen LogP contribution in [0.3, 0.4) is 0 Å². The van der Waals surface area contributed by atoms with Gasteiger partial charge < -0.3 is 4.74 Å². The lowest BCUT2D eigenvalue weighted by Gasteiger charge is -2.12. The number of aryl methyl sites for hydroxylation is 1. The summed E-state index contributed by atoms with van der Waals surface area (Å²) < 4.78 is 4.98. The molecule has 0 bridgehead atoms. The second kappa shape index (κ2) is 7.58. The van der Waals surface area contributed by atoms with Crippen LogP contribution in [-0.2, 0) is 16.1 Å². The third kappa shape index (κ3) is 4.21. The van der Waals surface area contributed by atoms with Crippen molar-refractivity contribution in [2.75, 3.05) is 0 Å². The molecule has 0 aliphatic carbocycles. The summed E-state index contributed by atoms with van der Waals surface area (Å²) in [5, 5.41) is -0.278. The van der Waals surface area contributed by atoms with Gasteiger partial charge in [-0.1, -0.05) is 42.0 Å². The van der Waals surface area contributed by atoms with Gasteiger partial charge >= 0.3 is 5.97 Å². The average Bonchev–Trinajstić information content (AvgIpc) is 2.84. The SMILES string of the molecule is CC(=O)Oc1ccc(/C=C2/SC(=O)N(Cc3cccc(C)c3)C2=O)cc1. The van der Waals surface area contributed by atoms with Crippen molar-refractivity contribution in [3.05, 3.63) is 70.1 Å². The zero-order valence-corrected chi connectivity index (χ0v) is 15.2. The minimum Gasteiger partial charge on any atom is -0.427 e. The normalized spacial score (nSPS) is 15.6. The number of rotatable bonds is 4. The summed E-state index contributed by atoms with van der Waals surface area (Å²) in [6, 6.07) is 14.5. The van der Waals surface area contributed by atoms with Gasteiger partial charge in [-0.25, -0.2) is 0 Å². The Bertz CT molecular complexity index is 902. The molecule has 5 nitrogen and oxygen atoms in total. The Balaban J connectivity index is 1.75. The molecule has 1 aliphatic rings. The first-order valence-corrected chi connectivity index (χ1v) is 8.83. The van der Waals surface area contributed by atoms with Crippen LogP contribution < -0.4 is 4.74 Å². The molecular weight excluding hydrogens is 350 g/mol. The standard InChI is InChI=1S/C20H17NO4S/c1-13-4-3-5-16(10-13)12-21-19(23)18(26-20(21)24)11-15-6-8-17(9-7-15)25-14(2)22/h3-11H,12H2,1-2H3/b18-11+. The van der Waals surface area contributed by atoms with Crippen LogP contribution in [0, 0.1) is 6.92 Å². The maximum atomic E-state index is 12.6. The molecule has 6 heteroatoms. The molecule has 3 rings (SSSR count). The Hall–Kier alpha value is -2.86. The number of imide groups is 1. The first-order chi connectivity index (χ1) is 12.4. The third-order valence-electron chi connectivity index (χ3n) is 3.74. The Morgan fingerprint density at radius 3 is 2.54 bits per heavy atom. The number of carbonyl (C=O) groups is 3. The van der Waals surface area contributed by atoms with Crippen molar-refractivity contribution in [2.24, 2.45) is 0 Å². The summed E-state index contributed by atoms with van der Waals surface area (Å²) in [6.07, 6.45) is 1.67. The fraction of sp³-hybridized carbons (Fsp3) is 0.150. The summed E-state index contributed by atoms with van der Waals surface area (Å²) >= 11 is 0.928. The van der Waals surface area contributed by atoms with Gasteiger partial charge in [0, 0.05) is 6.92 Å². The molecule has 0 saturated carbocycles. The summed E-state index contributed by atoms with van der Waals surface area (Å²) in [5.74, 6) is -0.261. The molecule has 1 saturated heterocycles. The molecular formula is C20H17NO4S. The van der Waals surface area contributed by atoms with Crippen LogP contribution in [-0.4, -0.2) is 22.0 Å². The molecule has 1 fully saturated rings. The van der Waals surface area contributed by atoms with Gasteiger partial charge in [0.1, 0.15) is 5.75 Å². The van der Waals surface area contributed by atoms with E-state index in [1.807, 2.05) is 31.2 Å². The highest BCUT2D eigenvalue weighted by atomic mass is 32.2. The van der Waals surface area contributed by atoms with Crippen molar-refractivity contribution < 1.29 is 19.1 Å². The molecule has 0 unspecified atom stereocenters. The third-order valence-corrected chi connectivity index (χ3v) is 4.64. The first-order valence-electron chi connectivity index (χ1n) is 8.02. The lowest BCUT2D eigenvalue weighted by Crippen LogP contribution is -2.27. The number of nitrogens with zero attached hydrogens (tertiary/aromatic N) is 1. The van der Waals surface area contributed by atoms with E-state index >= 15 is 0 Å². The van der Waals surface area contributed by atoms with Crippen LogP contribution in [0.1, 0.15) is 23.6 Å². The molecule has 0 radical (unpaired) electrons. The fourth-order valence-corrected chi connectivity index (χ4v) is 3.42. The highest BCUT2D eigenvalue weighted by Crippen LogP contribution is 2.33. The van der Waals surface area contributed by atoms with Gasteiger partial charge in [-0.3, -0.25) is 19.3 Å². The summed E-state index contributed by atoms with van der Waals surface area (Å²) in [7, 11) is 0. The van der Waals surface area contributed by atoms with Gasteiger partial charge in [-0.2, -0.15) is 0 Å². The van der Waals surface area contributed by atoms with Crippen LogP contribution in [0.4, 0.5) is 4.79 Å². The largest absolute Gasteiger partial charge is 0.427 e. The maximum Gasteiger partial charge on any atom is 0.308 e. The van der Waals surface area contributed by atoms with Gasteiger partial charge in [0.25, 0.3) is 11.1 Å². The second-order valence-electron chi connectivity index (χ2n) is 5.92. The summed E-state index contributed by atoms with van der Waals surface area (Å²) in [6.45, 7) is 3.56. The van der Waals surface area contributed by atoms with E-state index in [2.05, 4.69) is 0 Å². The highest BCUT2D eigenvalue weighted by molar-refractivity contribution is 8.18. The number of hydrogen-bond donors (Lipinski definition) is 0. The predicted octanol–water partition coefficient (Wildman–Crippen LogP) is 4.16. The fourth-order valence-electron chi connectivity index (χ4n) is 2.58. The smallest absolute Gasteiger partial charge is 0.308 e. The van der Waals surface area contributed by atoms with E-state index in [-0.39, 0.29) is 17.7 Å². The zero-order valence-electron chi connectivity index (χ0n) is 14.4. The van der Waals surface area contributed by atoms with E-state index in [0.717, 1.165) is 28.5 Å². The van der Waals surface area contributed by atoms with E-state index in [9.17, 15) is 14.4 Å². The lowest BCUT2D eigenvalue weighted by atomic mass is 10.1. The van der Waals surface area contributed by atoms with Crippen molar-refractivity contribution in [1.82, 2.24) is 4.90 Å². The molecule has 0 spiro atoms. The summed E-state index contributed by atoms with van der Waals surface area (Å²) in [4.78, 5) is 37.4. The molecule has 0 aromatic heterocycles. The quantitative estimate of drug-likeness (QED) is 0.461. The molecule has 0 atom stereocenters. The van der Waals surface area contributed by atoms with Crippen LogP contribution >= 0.6 is 11.8 Å². The van der Waals surface area contributed by atoms with E-state index in [1.54, 1.807) is 30.3 Å². The molecule has 132 valence electrons. The minimum absolute atomic E-state index is 0.259. The van der Waals surface area contributed by atoms with E-state index < -0.39 is 5.97 Å². The number of carbonyl (C=O) groups excluding carboxylic acids is 3. The second-order valence-corrected chi connectivity index (χ2v) is 6.91. The molecule has 1 aliphatic heterocycles. The predicted molar refractivity (Wildman–Crippen MR) is 100 cm³/mol. The van der Waals surface area contributed by atoms with Crippen molar-refractivity contribution in [3.8, 4) is 5.75 Å². The number of esters is 1. The summed E-state index contributed by atoms with van der Waals surface area (Å²) in [5.41, 5.74) is 2.75. The molecule has 26 heavy (non-hydrogen) atoms. The number of benzene rings is 2. The average molecular weight is 367 g/mol. The van der Waals surface area contributed by atoms with Gasteiger partial charge in [-0.05, 0) is 48.0 Å². The molecule has 2 amide bonds. The van der Waals surface area contributed by atoms with Crippen LogP contribution in [0.25, 0.3) is 6.08 Å². The first kappa shape index (κ1) is 17.9. The van der Waals surface area contributed by atoms with Crippen molar-refractivity contribution >= 4 is 35.0 Å². The highest BCUT2D eigenvalue weighted by Gasteiger charge is 2.34. The van der Waals surface area contributed by atoms with Crippen LogP contribution in [0.15, 0.2) is 53.4 Å². The van der Waals surface area contributed by atoms with Crippen molar-refractivity contribution in [3.63, 3.8) is 0 Å². The van der Waals surface area contributed by atoms with Gasteiger partial charge in [0.15, 0.2) is 0 Å². The minimum atomic E-state index is -0.394. The molecule has 0 N–H and O–H groups in total. The lowest BCUT2D eigenvalue weighted by molar-refractivity contribution is -0.131. The maximum absolute atomic E-state index is 12.6. The van der Waals surface area contributed by atoms with Gasteiger partial charge in [0.05, 0.1) is 11.4 Å². The van der Waals surface area contributed by atoms with Crippen LogP contribution in [0.2, 0.25) is 0 Å². The Labute approximate surface area is 155 Å². The van der Waals surface area contributed by atoms with E-state index in [1.165, 1.54) is 11.8 Å². The Kier molecular flexibility index (Phi) is 5.23. The monoisotopic (exact) mass is 367 g/mol. The number of ether oxygens (including phenoxy) is 1.